The number of aryl methyl sites for hydroxylation is 1. The van der Waals surface area contributed by atoms with Crippen LogP contribution in [0.4, 0.5) is 15.8 Å². The van der Waals surface area contributed by atoms with Gasteiger partial charge in [0.15, 0.2) is 0 Å². The number of nitrogens with one attached hydrogen (secondary N) is 2. The summed E-state index contributed by atoms with van der Waals surface area (Å²) in [5.41, 5.74) is 0.803. The Kier molecular flexibility index (Phi) is 6.28. The smallest absolute Gasteiger partial charge is 0.263 e. The van der Waals surface area contributed by atoms with Crippen LogP contribution in [0.25, 0.3) is 0 Å². The lowest BCUT2D eigenvalue weighted by molar-refractivity contribution is 0.597. The average Bonchev–Trinajstić information content (AvgIpc) is 2.64. The number of hydrogen-bond donors (Lipinski definition) is 2. The molecule has 6 nitrogen and oxygen atoms in total. The van der Waals surface area contributed by atoms with Crippen LogP contribution < -0.4 is 9.44 Å². The van der Waals surface area contributed by atoms with E-state index in [1.165, 1.54) is 42.5 Å². The lowest BCUT2D eigenvalue weighted by Gasteiger charge is -2.14. The molecule has 3 rings (SSSR count). The first-order valence-electron chi connectivity index (χ1n) is 8.35. The van der Waals surface area contributed by atoms with E-state index in [4.69, 9.17) is 23.2 Å². The van der Waals surface area contributed by atoms with Gasteiger partial charge < -0.3 is 0 Å². The molecule has 0 spiro atoms. The molecule has 0 fully saturated rings. The molecule has 0 saturated carbocycles. The normalized spacial score (nSPS) is 11.9. The fraction of sp³-hybridized carbons (Fsp3) is 0.0526. The van der Waals surface area contributed by atoms with E-state index in [-0.39, 0.29) is 20.5 Å². The summed E-state index contributed by atoms with van der Waals surface area (Å²) in [6, 6.07) is 12.9. The van der Waals surface area contributed by atoms with Gasteiger partial charge in [0, 0.05) is 10.7 Å². The zero-order chi connectivity index (χ0) is 22.1. The van der Waals surface area contributed by atoms with Gasteiger partial charge in [-0.2, -0.15) is 0 Å². The fourth-order valence-corrected chi connectivity index (χ4v) is 5.37. The topological polar surface area (TPSA) is 92.3 Å². The summed E-state index contributed by atoms with van der Waals surface area (Å²) in [4.78, 5) is -0.497. The highest BCUT2D eigenvalue weighted by atomic mass is 35.5. The summed E-state index contributed by atoms with van der Waals surface area (Å²) in [5, 5.41) is 0.151. The molecule has 0 saturated heterocycles. The first kappa shape index (κ1) is 22.4. The predicted octanol–water partition coefficient (Wildman–Crippen LogP) is 5.04. The van der Waals surface area contributed by atoms with Crippen molar-refractivity contribution >= 4 is 54.6 Å². The molecule has 0 aromatic heterocycles. The minimum Gasteiger partial charge on any atom is -0.280 e. The van der Waals surface area contributed by atoms with Crippen LogP contribution >= 0.6 is 23.2 Å². The summed E-state index contributed by atoms with van der Waals surface area (Å²) in [6.45, 7) is 1.60. The van der Waals surface area contributed by atoms with Crippen LogP contribution in [-0.2, 0) is 20.0 Å². The zero-order valence-electron chi connectivity index (χ0n) is 15.4. The van der Waals surface area contributed by atoms with Crippen LogP contribution in [0.15, 0.2) is 70.5 Å². The van der Waals surface area contributed by atoms with Crippen molar-refractivity contribution < 1.29 is 21.2 Å². The Balaban J connectivity index is 1.94. The Labute approximate surface area is 183 Å². The second-order valence-corrected chi connectivity index (χ2v) is 10.4. The molecule has 3 aromatic rings. The monoisotopic (exact) mass is 488 g/mol. The lowest BCUT2D eigenvalue weighted by atomic mass is 10.2. The molecule has 3 aromatic carbocycles. The van der Waals surface area contributed by atoms with Crippen molar-refractivity contribution in [2.24, 2.45) is 0 Å². The molecule has 11 heteroatoms. The molecule has 0 atom stereocenters. The molecule has 0 amide bonds. The van der Waals surface area contributed by atoms with Crippen molar-refractivity contribution in [3.8, 4) is 0 Å². The van der Waals surface area contributed by atoms with Crippen molar-refractivity contribution in [3.63, 3.8) is 0 Å². The van der Waals surface area contributed by atoms with Crippen LogP contribution in [0.1, 0.15) is 5.56 Å². The van der Waals surface area contributed by atoms with Crippen LogP contribution in [0, 0.1) is 12.7 Å². The number of rotatable bonds is 6. The molecule has 0 unspecified atom stereocenters. The molecule has 0 radical (unpaired) electrons. The molecule has 2 N–H and O–H groups in total. The van der Waals surface area contributed by atoms with Crippen LogP contribution in [0.5, 0.6) is 0 Å². The molecular weight excluding hydrogens is 474 g/mol. The average molecular weight is 489 g/mol. The van der Waals surface area contributed by atoms with Gasteiger partial charge in [0.05, 0.1) is 15.6 Å². The maximum Gasteiger partial charge on any atom is 0.263 e. The van der Waals surface area contributed by atoms with Gasteiger partial charge in [-0.25, -0.2) is 21.2 Å². The molecule has 0 aliphatic carbocycles. The number of halogens is 3. The van der Waals surface area contributed by atoms with E-state index in [0.29, 0.717) is 16.3 Å². The third-order valence-corrected chi connectivity index (χ3v) is 7.52. The first-order chi connectivity index (χ1) is 14.0. The van der Waals surface area contributed by atoms with Crippen LogP contribution in [-0.4, -0.2) is 16.8 Å². The fourth-order valence-electron chi connectivity index (χ4n) is 2.50. The third-order valence-electron chi connectivity index (χ3n) is 4.04. The van der Waals surface area contributed by atoms with Crippen molar-refractivity contribution in [1.82, 2.24) is 0 Å². The number of benzene rings is 3. The van der Waals surface area contributed by atoms with Crippen molar-refractivity contribution in [2.45, 2.75) is 16.7 Å². The Bertz CT molecular complexity index is 1310. The highest BCUT2D eigenvalue weighted by Gasteiger charge is 2.21. The van der Waals surface area contributed by atoms with Crippen LogP contribution in [0.3, 0.4) is 0 Å². The van der Waals surface area contributed by atoms with Gasteiger partial charge in [-0.15, -0.1) is 0 Å². The molecule has 0 aliphatic rings. The minimum atomic E-state index is -4.19. The second kappa shape index (κ2) is 8.43. The number of hydrogen-bond acceptors (Lipinski definition) is 4. The maximum atomic E-state index is 13.2. The van der Waals surface area contributed by atoms with Crippen molar-refractivity contribution in [2.75, 3.05) is 9.44 Å². The zero-order valence-corrected chi connectivity index (χ0v) is 18.5. The molecule has 0 aliphatic heterocycles. The van der Waals surface area contributed by atoms with Gasteiger partial charge in [-0.05, 0) is 67.1 Å². The van der Waals surface area contributed by atoms with E-state index in [9.17, 15) is 21.2 Å². The second-order valence-electron chi connectivity index (χ2n) is 6.27. The summed E-state index contributed by atoms with van der Waals surface area (Å²) >= 11 is 11.6. The molecule has 158 valence electrons. The Morgan fingerprint density at radius 2 is 1.47 bits per heavy atom. The SMILES string of the molecule is Cc1ccc(S(=O)(=O)Nc2ccc(Cl)cc2)cc1NS(=O)(=O)c1ccc(F)cc1Cl. The highest BCUT2D eigenvalue weighted by molar-refractivity contribution is 7.93. The van der Waals surface area contributed by atoms with Crippen molar-refractivity contribution in [1.29, 1.82) is 0 Å². The number of sulfonamides is 2. The van der Waals surface area contributed by atoms with Gasteiger partial charge in [0.1, 0.15) is 10.7 Å². The molecule has 30 heavy (non-hydrogen) atoms. The van der Waals surface area contributed by atoms with Gasteiger partial charge >= 0.3 is 0 Å². The van der Waals surface area contributed by atoms with E-state index >= 15 is 0 Å². The quantitative estimate of drug-likeness (QED) is 0.508. The number of anilines is 2. The van der Waals surface area contributed by atoms with E-state index in [1.807, 2.05) is 0 Å². The maximum absolute atomic E-state index is 13.2. The highest BCUT2D eigenvalue weighted by Crippen LogP contribution is 2.28. The third kappa shape index (κ3) is 5.04. The van der Waals surface area contributed by atoms with Gasteiger partial charge in [-0.1, -0.05) is 29.3 Å². The van der Waals surface area contributed by atoms with E-state index in [1.54, 1.807) is 6.92 Å². The van der Waals surface area contributed by atoms with Crippen LogP contribution in [0.2, 0.25) is 10.0 Å². The van der Waals surface area contributed by atoms with Crippen molar-refractivity contribution in [3.05, 3.63) is 82.1 Å². The molecule has 0 heterocycles. The van der Waals surface area contributed by atoms with E-state index < -0.39 is 25.9 Å². The van der Waals surface area contributed by atoms with Gasteiger partial charge in [0.25, 0.3) is 20.0 Å². The van der Waals surface area contributed by atoms with Gasteiger partial charge in [-0.3, -0.25) is 9.44 Å². The standard InChI is InChI=1S/C19H15Cl2FN2O4S2/c1-12-2-8-16(29(25,26)23-15-6-3-13(20)4-7-15)11-18(12)24-30(27,28)19-9-5-14(22)10-17(19)21/h2-11,23-24H,1H3. The summed E-state index contributed by atoms with van der Waals surface area (Å²) in [7, 11) is -8.19. The van der Waals surface area contributed by atoms with Gasteiger partial charge in [0.2, 0.25) is 0 Å². The Morgan fingerprint density at radius 1 is 0.800 bits per heavy atom. The van der Waals surface area contributed by atoms with E-state index in [0.717, 1.165) is 18.2 Å². The van der Waals surface area contributed by atoms with E-state index in [2.05, 4.69) is 9.44 Å². The molecule has 0 bridgehead atoms. The summed E-state index contributed by atoms with van der Waals surface area (Å²) in [5.74, 6) is -0.684. The first-order valence-corrected chi connectivity index (χ1v) is 12.1. The lowest BCUT2D eigenvalue weighted by Crippen LogP contribution is -2.16. The minimum absolute atomic E-state index is 0.0365. The summed E-state index contributed by atoms with van der Waals surface area (Å²) < 4.78 is 68.7. The largest absolute Gasteiger partial charge is 0.280 e. The Morgan fingerprint density at radius 3 is 2.10 bits per heavy atom. The predicted molar refractivity (Wildman–Crippen MR) is 116 cm³/mol. The Hall–Kier alpha value is -2.33. The summed E-state index contributed by atoms with van der Waals surface area (Å²) in [6.07, 6.45) is 0. The molecular formula is C19H15Cl2FN2O4S2.